The fourth-order valence-corrected chi connectivity index (χ4v) is 2.30. The summed E-state index contributed by atoms with van der Waals surface area (Å²) in [5.74, 6) is 0.780. The molecule has 4 heteroatoms. The molecule has 0 amide bonds. The Morgan fingerprint density at radius 2 is 1.56 bits per heavy atom. The molecule has 2 rings (SSSR count). The van der Waals surface area contributed by atoms with Crippen LogP contribution in [0.2, 0.25) is 0 Å². The smallest absolute Gasteiger partial charge is 0.118 e. The molecule has 0 aromatic heterocycles. The van der Waals surface area contributed by atoms with E-state index >= 15 is 0 Å². The van der Waals surface area contributed by atoms with Gasteiger partial charge in [-0.1, -0.05) is 18.2 Å². The van der Waals surface area contributed by atoms with Gasteiger partial charge in [0.1, 0.15) is 11.9 Å². The molecule has 18 heavy (non-hydrogen) atoms. The Hall–Kier alpha value is -0.840. The largest absolute Gasteiger partial charge is 0.497 e. The third-order valence-corrected chi connectivity index (χ3v) is 4.57. The molecule has 0 heterocycles. The summed E-state index contributed by atoms with van der Waals surface area (Å²) in [5, 5.41) is 10.3. The number of methoxy groups -OCH3 is 1. The molecule has 2 aromatic rings. The van der Waals surface area contributed by atoms with Gasteiger partial charge in [0.15, 0.2) is 0 Å². The Bertz CT molecular complexity index is 538. The highest BCUT2D eigenvalue weighted by Crippen LogP contribution is 2.29. The van der Waals surface area contributed by atoms with Gasteiger partial charge in [-0.2, -0.15) is 0 Å². The molecule has 0 spiro atoms. The van der Waals surface area contributed by atoms with Crippen molar-refractivity contribution in [2.24, 2.45) is 0 Å². The molecule has 1 N–H and O–H groups in total. The standard InChI is InChI=1S/C14H12Br2O2/c1-18-11-5-2-9(3-6-11)14(17)10-4-7-12(15)13(16)8-10/h2-8,14,17H,1H3. The van der Waals surface area contributed by atoms with Crippen LogP contribution in [0.25, 0.3) is 0 Å². The van der Waals surface area contributed by atoms with Crippen LogP contribution in [0.15, 0.2) is 51.4 Å². The number of ether oxygens (including phenoxy) is 1. The number of aliphatic hydroxyl groups excluding tert-OH is 1. The second-order valence-corrected chi connectivity index (χ2v) is 5.56. The number of rotatable bonds is 3. The Balaban J connectivity index is 2.28. The summed E-state index contributed by atoms with van der Waals surface area (Å²) in [5.41, 5.74) is 1.68. The van der Waals surface area contributed by atoms with Crippen LogP contribution in [-0.2, 0) is 0 Å². The Morgan fingerprint density at radius 3 is 2.11 bits per heavy atom. The Morgan fingerprint density at radius 1 is 0.944 bits per heavy atom. The molecule has 0 saturated carbocycles. The van der Waals surface area contributed by atoms with Crippen molar-refractivity contribution in [1.29, 1.82) is 0 Å². The summed E-state index contributed by atoms with van der Waals surface area (Å²) < 4.78 is 6.98. The van der Waals surface area contributed by atoms with Crippen LogP contribution in [-0.4, -0.2) is 12.2 Å². The maximum Gasteiger partial charge on any atom is 0.118 e. The summed E-state index contributed by atoms with van der Waals surface area (Å²) in [6.45, 7) is 0. The number of hydrogen-bond donors (Lipinski definition) is 1. The van der Waals surface area contributed by atoms with Crippen molar-refractivity contribution in [3.8, 4) is 5.75 Å². The molecule has 0 fully saturated rings. The summed E-state index contributed by atoms with van der Waals surface area (Å²) >= 11 is 6.84. The van der Waals surface area contributed by atoms with Crippen LogP contribution in [0.1, 0.15) is 17.2 Å². The van der Waals surface area contributed by atoms with E-state index in [1.807, 2.05) is 42.5 Å². The highest BCUT2D eigenvalue weighted by atomic mass is 79.9. The van der Waals surface area contributed by atoms with Gasteiger partial charge in [-0.15, -0.1) is 0 Å². The molecular formula is C14H12Br2O2. The molecule has 0 aliphatic carbocycles. The molecule has 0 aliphatic rings. The first-order chi connectivity index (χ1) is 8.61. The predicted octanol–water partition coefficient (Wildman–Crippen LogP) is 4.30. The van der Waals surface area contributed by atoms with Gasteiger partial charge in [-0.05, 0) is 67.3 Å². The Labute approximate surface area is 123 Å². The molecule has 0 aliphatic heterocycles. The molecule has 1 atom stereocenters. The van der Waals surface area contributed by atoms with Gasteiger partial charge in [-0.3, -0.25) is 0 Å². The number of aliphatic hydroxyl groups is 1. The summed E-state index contributed by atoms with van der Waals surface area (Å²) in [7, 11) is 1.62. The summed E-state index contributed by atoms with van der Waals surface area (Å²) in [4.78, 5) is 0. The van der Waals surface area contributed by atoms with E-state index in [1.54, 1.807) is 7.11 Å². The fraction of sp³-hybridized carbons (Fsp3) is 0.143. The van der Waals surface area contributed by atoms with Gasteiger partial charge in [0, 0.05) is 8.95 Å². The lowest BCUT2D eigenvalue weighted by atomic mass is 10.0. The minimum atomic E-state index is -0.639. The van der Waals surface area contributed by atoms with Crippen LogP contribution in [0.5, 0.6) is 5.75 Å². The zero-order valence-electron chi connectivity index (χ0n) is 9.73. The lowest BCUT2D eigenvalue weighted by Gasteiger charge is -2.13. The topological polar surface area (TPSA) is 29.5 Å². The van der Waals surface area contributed by atoms with Crippen LogP contribution >= 0.6 is 31.9 Å². The molecule has 2 aromatic carbocycles. The third-order valence-electron chi connectivity index (χ3n) is 2.69. The van der Waals surface area contributed by atoms with Crippen LogP contribution in [0.3, 0.4) is 0 Å². The second kappa shape index (κ2) is 5.87. The van der Waals surface area contributed by atoms with Crippen LogP contribution < -0.4 is 4.74 Å². The minimum absolute atomic E-state index is 0.639. The molecule has 94 valence electrons. The van der Waals surface area contributed by atoms with E-state index in [1.165, 1.54) is 0 Å². The van der Waals surface area contributed by atoms with Crippen molar-refractivity contribution in [2.45, 2.75) is 6.10 Å². The second-order valence-electron chi connectivity index (χ2n) is 3.85. The molecular weight excluding hydrogens is 360 g/mol. The van der Waals surface area contributed by atoms with E-state index in [-0.39, 0.29) is 0 Å². The minimum Gasteiger partial charge on any atom is -0.497 e. The maximum absolute atomic E-state index is 10.3. The quantitative estimate of drug-likeness (QED) is 0.871. The first kappa shape index (κ1) is 13.6. The average molecular weight is 372 g/mol. The lowest BCUT2D eigenvalue weighted by molar-refractivity contribution is 0.220. The van der Waals surface area contributed by atoms with Crippen molar-refractivity contribution in [3.63, 3.8) is 0 Å². The SMILES string of the molecule is COc1ccc(C(O)c2ccc(Br)c(Br)c2)cc1. The predicted molar refractivity (Wildman–Crippen MR) is 78.9 cm³/mol. The zero-order valence-corrected chi connectivity index (χ0v) is 12.9. The first-order valence-electron chi connectivity index (χ1n) is 5.39. The molecule has 2 nitrogen and oxygen atoms in total. The van der Waals surface area contributed by atoms with Gasteiger partial charge in [-0.25, -0.2) is 0 Å². The normalized spacial score (nSPS) is 12.2. The number of hydrogen-bond acceptors (Lipinski definition) is 2. The van der Waals surface area contributed by atoms with Gasteiger partial charge >= 0.3 is 0 Å². The van der Waals surface area contributed by atoms with E-state index in [0.717, 1.165) is 25.8 Å². The van der Waals surface area contributed by atoms with Crippen LogP contribution in [0, 0.1) is 0 Å². The summed E-state index contributed by atoms with van der Waals surface area (Å²) in [6.07, 6.45) is -0.639. The first-order valence-corrected chi connectivity index (χ1v) is 6.97. The molecule has 0 bridgehead atoms. The van der Waals surface area contributed by atoms with E-state index in [0.29, 0.717) is 0 Å². The van der Waals surface area contributed by atoms with Gasteiger partial charge in [0.05, 0.1) is 7.11 Å². The van der Waals surface area contributed by atoms with E-state index in [9.17, 15) is 5.11 Å². The lowest BCUT2D eigenvalue weighted by Crippen LogP contribution is -1.99. The average Bonchev–Trinajstić information content (AvgIpc) is 2.41. The van der Waals surface area contributed by atoms with Crippen molar-refractivity contribution in [2.75, 3.05) is 7.11 Å². The van der Waals surface area contributed by atoms with Gasteiger partial charge < -0.3 is 9.84 Å². The summed E-state index contributed by atoms with van der Waals surface area (Å²) in [6, 6.07) is 13.1. The van der Waals surface area contributed by atoms with E-state index in [4.69, 9.17) is 4.74 Å². The number of benzene rings is 2. The zero-order chi connectivity index (χ0) is 13.1. The highest BCUT2D eigenvalue weighted by molar-refractivity contribution is 9.13. The van der Waals surface area contributed by atoms with Crippen molar-refractivity contribution >= 4 is 31.9 Å². The highest BCUT2D eigenvalue weighted by Gasteiger charge is 2.11. The Kier molecular flexibility index (Phi) is 4.43. The molecule has 0 saturated heterocycles. The fourth-order valence-electron chi connectivity index (χ4n) is 1.66. The van der Waals surface area contributed by atoms with E-state index < -0.39 is 6.10 Å². The monoisotopic (exact) mass is 370 g/mol. The van der Waals surface area contributed by atoms with Crippen molar-refractivity contribution in [3.05, 3.63) is 62.5 Å². The van der Waals surface area contributed by atoms with Crippen molar-refractivity contribution in [1.82, 2.24) is 0 Å². The molecule has 1 unspecified atom stereocenters. The number of halogens is 2. The van der Waals surface area contributed by atoms with Gasteiger partial charge in [0.25, 0.3) is 0 Å². The van der Waals surface area contributed by atoms with Crippen LogP contribution in [0.4, 0.5) is 0 Å². The van der Waals surface area contributed by atoms with Gasteiger partial charge in [0.2, 0.25) is 0 Å². The third kappa shape index (κ3) is 2.94. The van der Waals surface area contributed by atoms with E-state index in [2.05, 4.69) is 31.9 Å². The van der Waals surface area contributed by atoms with Crippen molar-refractivity contribution < 1.29 is 9.84 Å². The molecule has 0 radical (unpaired) electrons. The maximum atomic E-state index is 10.3.